The van der Waals surface area contributed by atoms with E-state index in [1.165, 1.54) is 5.56 Å². The van der Waals surface area contributed by atoms with Crippen molar-refractivity contribution < 1.29 is 5.11 Å². The number of rotatable bonds is 3. The lowest BCUT2D eigenvalue weighted by molar-refractivity contribution is 0.350. The van der Waals surface area contributed by atoms with Crippen LogP contribution in [0.1, 0.15) is 30.9 Å². The van der Waals surface area contributed by atoms with E-state index in [4.69, 9.17) is 0 Å². The Hall–Kier alpha value is -1.24. The average Bonchev–Trinajstić information content (AvgIpc) is 2.08. The van der Waals surface area contributed by atoms with Crippen LogP contribution in [0, 0.1) is 0 Å². The van der Waals surface area contributed by atoms with Crippen LogP contribution in [0.4, 0.5) is 0 Å². The number of benzene rings is 1. The van der Waals surface area contributed by atoms with Crippen molar-refractivity contribution in [3.05, 3.63) is 42.0 Å². The molecule has 1 heteroatoms. The summed E-state index contributed by atoms with van der Waals surface area (Å²) in [6, 6.07) is 5.53. The summed E-state index contributed by atoms with van der Waals surface area (Å²) in [7, 11) is 0. The van der Waals surface area contributed by atoms with Gasteiger partial charge in [0.1, 0.15) is 0 Å². The lowest BCUT2D eigenvalue weighted by Crippen LogP contribution is -1.90. The molecule has 0 amide bonds. The average molecular weight is 175 g/mol. The van der Waals surface area contributed by atoms with E-state index in [0.717, 1.165) is 5.56 Å². The molecule has 1 radical (unpaired) electrons. The molecule has 0 atom stereocenters. The van der Waals surface area contributed by atoms with Gasteiger partial charge in [-0.3, -0.25) is 5.11 Å². The molecule has 0 aromatic heterocycles. The molecule has 13 heavy (non-hydrogen) atoms. The lowest BCUT2D eigenvalue weighted by Gasteiger charge is -2.07. The second kappa shape index (κ2) is 4.13. The highest BCUT2D eigenvalue weighted by molar-refractivity contribution is 5.38. The second-order valence-electron chi connectivity index (χ2n) is 3.51. The molecular weight excluding hydrogens is 160 g/mol. The van der Waals surface area contributed by atoms with Crippen LogP contribution in [0.15, 0.2) is 30.9 Å². The van der Waals surface area contributed by atoms with Crippen molar-refractivity contribution in [3.63, 3.8) is 0 Å². The first kappa shape index (κ1) is 9.85. The molecular formula is C12H15O. The lowest BCUT2D eigenvalue weighted by atomic mass is 9.99. The number of hydrogen-bond donors (Lipinski definition) is 0. The van der Waals surface area contributed by atoms with Gasteiger partial charge in [0.2, 0.25) is 0 Å². The minimum absolute atomic E-state index is 0.115. The molecule has 1 aromatic rings. The van der Waals surface area contributed by atoms with E-state index in [1.807, 2.05) is 12.1 Å². The van der Waals surface area contributed by atoms with Crippen molar-refractivity contribution >= 4 is 0 Å². The van der Waals surface area contributed by atoms with E-state index in [2.05, 4.69) is 20.4 Å². The van der Waals surface area contributed by atoms with Gasteiger partial charge in [-0.1, -0.05) is 32.1 Å². The van der Waals surface area contributed by atoms with Crippen LogP contribution in [0.3, 0.4) is 0 Å². The molecule has 0 spiro atoms. The first-order chi connectivity index (χ1) is 6.15. The normalized spacial score (nSPS) is 10.4. The van der Waals surface area contributed by atoms with Crippen molar-refractivity contribution in [3.8, 4) is 5.75 Å². The summed E-state index contributed by atoms with van der Waals surface area (Å²) in [5.41, 5.74) is 2.07. The molecule has 0 heterocycles. The molecule has 0 saturated carbocycles. The Morgan fingerprint density at radius 2 is 2.15 bits per heavy atom. The van der Waals surface area contributed by atoms with Gasteiger partial charge in [0.25, 0.3) is 0 Å². The van der Waals surface area contributed by atoms with Crippen molar-refractivity contribution in [2.75, 3.05) is 0 Å². The molecule has 1 nitrogen and oxygen atoms in total. The van der Waals surface area contributed by atoms with Crippen LogP contribution in [0.25, 0.3) is 0 Å². The Labute approximate surface area is 79.7 Å². The molecule has 0 aliphatic rings. The van der Waals surface area contributed by atoms with E-state index in [1.54, 1.807) is 12.1 Å². The quantitative estimate of drug-likeness (QED) is 0.624. The minimum Gasteiger partial charge on any atom is -0.290 e. The predicted molar refractivity (Wildman–Crippen MR) is 54.6 cm³/mol. The smallest absolute Gasteiger partial charge is 0.182 e. The van der Waals surface area contributed by atoms with Gasteiger partial charge in [0.05, 0.1) is 0 Å². The maximum Gasteiger partial charge on any atom is 0.182 e. The molecule has 0 fully saturated rings. The minimum atomic E-state index is 0.115. The van der Waals surface area contributed by atoms with Crippen molar-refractivity contribution in [1.82, 2.24) is 0 Å². The highest BCUT2D eigenvalue weighted by atomic mass is 16.3. The zero-order valence-corrected chi connectivity index (χ0v) is 8.21. The third-order valence-electron chi connectivity index (χ3n) is 2.12. The van der Waals surface area contributed by atoms with Crippen LogP contribution < -0.4 is 0 Å². The van der Waals surface area contributed by atoms with Gasteiger partial charge in [-0.2, -0.15) is 0 Å². The van der Waals surface area contributed by atoms with Crippen LogP contribution >= 0.6 is 0 Å². The molecule has 0 aliphatic heterocycles. The summed E-state index contributed by atoms with van der Waals surface area (Å²) in [5, 5.41) is 11.3. The molecule has 1 aromatic carbocycles. The maximum absolute atomic E-state index is 11.3. The molecule has 1 rings (SSSR count). The monoisotopic (exact) mass is 175 g/mol. The summed E-state index contributed by atoms with van der Waals surface area (Å²) < 4.78 is 0. The van der Waals surface area contributed by atoms with E-state index in [-0.39, 0.29) is 5.75 Å². The fourth-order valence-corrected chi connectivity index (χ4v) is 1.27. The molecule has 0 saturated heterocycles. The van der Waals surface area contributed by atoms with Crippen molar-refractivity contribution in [2.45, 2.75) is 26.2 Å². The molecule has 0 unspecified atom stereocenters. The number of allylic oxidation sites excluding steroid dienone is 1. The van der Waals surface area contributed by atoms with Crippen LogP contribution in [0.5, 0.6) is 5.75 Å². The Morgan fingerprint density at radius 3 is 2.69 bits per heavy atom. The van der Waals surface area contributed by atoms with Gasteiger partial charge in [-0.25, -0.2) is 0 Å². The largest absolute Gasteiger partial charge is 0.290 e. The summed E-state index contributed by atoms with van der Waals surface area (Å²) in [6.07, 6.45) is 2.43. The Kier molecular flexibility index (Phi) is 3.13. The van der Waals surface area contributed by atoms with Gasteiger partial charge in [0.15, 0.2) is 5.75 Å². The summed E-state index contributed by atoms with van der Waals surface area (Å²) >= 11 is 0. The van der Waals surface area contributed by atoms with Gasteiger partial charge in [-0.05, 0) is 24.0 Å². The van der Waals surface area contributed by atoms with E-state index in [9.17, 15) is 5.11 Å². The zero-order valence-electron chi connectivity index (χ0n) is 8.21. The standard InChI is InChI=1S/C12H15O/c1-4-5-11-8-10(9(2)3)6-7-12(11)13/h4,6-9H,1,5H2,2-3H3. The molecule has 69 valence electrons. The highest BCUT2D eigenvalue weighted by Crippen LogP contribution is 2.24. The predicted octanol–water partition coefficient (Wildman–Crippen LogP) is 3.68. The Bertz CT molecular complexity index is 300. The third kappa shape index (κ3) is 2.35. The van der Waals surface area contributed by atoms with Gasteiger partial charge in [0, 0.05) is 5.56 Å². The summed E-state index contributed by atoms with van der Waals surface area (Å²) in [5.74, 6) is 0.591. The van der Waals surface area contributed by atoms with Crippen LogP contribution in [-0.2, 0) is 11.5 Å². The Morgan fingerprint density at radius 1 is 1.46 bits per heavy atom. The number of hydrogen-bond acceptors (Lipinski definition) is 0. The first-order valence-corrected chi connectivity index (χ1v) is 4.56. The fourth-order valence-electron chi connectivity index (χ4n) is 1.27. The summed E-state index contributed by atoms with van der Waals surface area (Å²) in [4.78, 5) is 0. The van der Waals surface area contributed by atoms with Gasteiger partial charge < -0.3 is 0 Å². The third-order valence-corrected chi connectivity index (χ3v) is 2.12. The van der Waals surface area contributed by atoms with Crippen molar-refractivity contribution in [2.24, 2.45) is 0 Å². The maximum atomic E-state index is 11.3. The van der Waals surface area contributed by atoms with E-state index < -0.39 is 0 Å². The first-order valence-electron chi connectivity index (χ1n) is 4.56. The van der Waals surface area contributed by atoms with E-state index in [0.29, 0.717) is 12.3 Å². The fraction of sp³-hybridized carbons (Fsp3) is 0.333. The zero-order chi connectivity index (χ0) is 9.84. The molecule has 0 N–H and O–H groups in total. The topological polar surface area (TPSA) is 19.9 Å². The molecule has 0 bridgehead atoms. The Balaban J connectivity index is 3.03. The van der Waals surface area contributed by atoms with Crippen LogP contribution in [0.2, 0.25) is 0 Å². The summed E-state index contributed by atoms with van der Waals surface area (Å²) in [6.45, 7) is 7.88. The van der Waals surface area contributed by atoms with Gasteiger partial charge in [-0.15, -0.1) is 6.58 Å². The van der Waals surface area contributed by atoms with E-state index >= 15 is 0 Å². The second-order valence-corrected chi connectivity index (χ2v) is 3.51. The van der Waals surface area contributed by atoms with Crippen LogP contribution in [-0.4, -0.2) is 0 Å². The van der Waals surface area contributed by atoms with Gasteiger partial charge >= 0.3 is 0 Å². The van der Waals surface area contributed by atoms with Crippen molar-refractivity contribution in [1.29, 1.82) is 0 Å². The highest BCUT2D eigenvalue weighted by Gasteiger charge is 2.05. The SMILES string of the molecule is C=CCc1cc(C(C)C)ccc1[O]. The molecule has 0 aliphatic carbocycles.